The van der Waals surface area contributed by atoms with E-state index < -0.39 is 0 Å². The lowest BCUT2D eigenvalue weighted by atomic mass is 9.90. The molecule has 0 aliphatic carbocycles. The summed E-state index contributed by atoms with van der Waals surface area (Å²) >= 11 is 0. The van der Waals surface area contributed by atoms with Crippen molar-refractivity contribution in [1.29, 1.82) is 0 Å². The summed E-state index contributed by atoms with van der Waals surface area (Å²) in [5, 5.41) is 13.3. The number of unbranched alkanes of at least 4 members (excludes halogenated alkanes) is 1. The van der Waals surface area contributed by atoms with Crippen molar-refractivity contribution in [2.75, 3.05) is 6.54 Å². The van der Waals surface area contributed by atoms with E-state index in [4.69, 9.17) is 0 Å². The first-order valence-electron chi connectivity index (χ1n) is 5.65. The van der Waals surface area contributed by atoms with E-state index in [9.17, 15) is 5.11 Å². The molecule has 78 valence electrons. The molecule has 0 spiro atoms. The van der Waals surface area contributed by atoms with Gasteiger partial charge in [-0.1, -0.05) is 26.7 Å². The molecule has 0 bridgehead atoms. The molecule has 1 aliphatic heterocycles. The Balaban J connectivity index is 2.24. The van der Waals surface area contributed by atoms with Gasteiger partial charge in [0.2, 0.25) is 0 Å². The maximum Gasteiger partial charge on any atom is 0.0693 e. The van der Waals surface area contributed by atoms with E-state index in [1.165, 1.54) is 12.8 Å². The molecular weight excluding hydrogens is 162 g/mol. The summed E-state index contributed by atoms with van der Waals surface area (Å²) in [6.45, 7) is 5.53. The second kappa shape index (κ2) is 5.61. The van der Waals surface area contributed by atoms with E-state index in [0.717, 1.165) is 31.7 Å². The van der Waals surface area contributed by atoms with Gasteiger partial charge in [0.05, 0.1) is 6.10 Å². The average Bonchev–Trinajstić information content (AvgIpc) is 2.14. The molecule has 3 unspecified atom stereocenters. The summed E-state index contributed by atoms with van der Waals surface area (Å²) in [7, 11) is 0. The zero-order chi connectivity index (χ0) is 9.68. The number of piperidine rings is 1. The Labute approximate surface area is 81.7 Å². The van der Waals surface area contributed by atoms with Crippen LogP contribution in [0.5, 0.6) is 0 Å². The molecule has 13 heavy (non-hydrogen) atoms. The number of nitrogens with one attached hydrogen (secondary N) is 1. The van der Waals surface area contributed by atoms with E-state index in [1.807, 2.05) is 0 Å². The van der Waals surface area contributed by atoms with E-state index in [0.29, 0.717) is 6.04 Å². The van der Waals surface area contributed by atoms with Crippen molar-refractivity contribution in [3.05, 3.63) is 0 Å². The van der Waals surface area contributed by atoms with Gasteiger partial charge in [0.15, 0.2) is 0 Å². The molecule has 1 heterocycles. The van der Waals surface area contributed by atoms with Crippen molar-refractivity contribution in [2.24, 2.45) is 5.92 Å². The molecule has 1 fully saturated rings. The highest BCUT2D eigenvalue weighted by atomic mass is 16.3. The highest BCUT2D eigenvalue weighted by molar-refractivity contribution is 4.81. The van der Waals surface area contributed by atoms with Crippen molar-refractivity contribution in [3.8, 4) is 0 Å². The van der Waals surface area contributed by atoms with Gasteiger partial charge in [0.25, 0.3) is 0 Å². The van der Waals surface area contributed by atoms with E-state index in [-0.39, 0.29) is 6.10 Å². The molecule has 2 nitrogen and oxygen atoms in total. The maximum atomic E-state index is 9.86. The topological polar surface area (TPSA) is 32.3 Å². The highest BCUT2D eigenvalue weighted by Crippen LogP contribution is 2.19. The van der Waals surface area contributed by atoms with Crippen LogP contribution >= 0.6 is 0 Å². The fraction of sp³-hybridized carbons (Fsp3) is 1.00. The lowest BCUT2D eigenvalue weighted by molar-refractivity contribution is 0.0914. The van der Waals surface area contributed by atoms with Crippen LogP contribution in [0.25, 0.3) is 0 Å². The van der Waals surface area contributed by atoms with Gasteiger partial charge in [0, 0.05) is 6.04 Å². The maximum absolute atomic E-state index is 9.86. The normalized spacial score (nSPS) is 31.6. The van der Waals surface area contributed by atoms with Crippen LogP contribution in [-0.4, -0.2) is 23.8 Å². The third-order valence-corrected chi connectivity index (χ3v) is 3.02. The molecule has 1 aliphatic rings. The van der Waals surface area contributed by atoms with Crippen LogP contribution < -0.4 is 5.32 Å². The molecule has 0 aromatic carbocycles. The quantitative estimate of drug-likeness (QED) is 0.701. The third kappa shape index (κ3) is 3.65. The molecule has 0 aromatic heterocycles. The van der Waals surface area contributed by atoms with E-state index in [1.54, 1.807) is 0 Å². The number of rotatable bonds is 4. The summed E-state index contributed by atoms with van der Waals surface area (Å²) in [5.74, 6) is 0.780. The van der Waals surface area contributed by atoms with Gasteiger partial charge < -0.3 is 10.4 Å². The minimum atomic E-state index is -0.123. The number of hydrogen-bond donors (Lipinski definition) is 2. The minimum Gasteiger partial charge on any atom is -0.392 e. The van der Waals surface area contributed by atoms with Crippen LogP contribution in [0.2, 0.25) is 0 Å². The predicted octanol–water partition coefficient (Wildman–Crippen LogP) is 1.93. The van der Waals surface area contributed by atoms with Gasteiger partial charge in [-0.25, -0.2) is 0 Å². The zero-order valence-electron chi connectivity index (χ0n) is 8.92. The second-order valence-electron chi connectivity index (χ2n) is 4.40. The third-order valence-electron chi connectivity index (χ3n) is 3.02. The van der Waals surface area contributed by atoms with Gasteiger partial charge in [0.1, 0.15) is 0 Å². The Kier molecular flexibility index (Phi) is 4.74. The van der Waals surface area contributed by atoms with Crippen molar-refractivity contribution >= 4 is 0 Å². The first-order chi connectivity index (χ1) is 6.24. The van der Waals surface area contributed by atoms with Gasteiger partial charge >= 0.3 is 0 Å². The molecule has 0 saturated carbocycles. The van der Waals surface area contributed by atoms with Crippen LogP contribution in [0.1, 0.15) is 46.0 Å². The summed E-state index contributed by atoms with van der Waals surface area (Å²) < 4.78 is 0. The molecule has 2 heteroatoms. The van der Waals surface area contributed by atoms with Crippen molar-refractivity contribution in [2.45, 2.75) is 58.1 Å². The summed E-state index contributed by atoms with van der Waals surface area (Å²) in [6, 6.07) is 0.357. The first-order valence-corrected chi connectivity index (χ1v) is 5.65. The molecule has 0 amide bonds. The molecule has 0 aromatic rings. The number of aliphatic hydroxyl groups is 1. The van der Waals surface area contributed by atoms with Crippen LogP contribution in [0.15, 0.2) is 0 Å². The van der Waals surface area contributed by atoms with Crippen molar-refractivity contribution in [3.63, 3.8) is 0 Å². The monoisotopic (exact) mass is 185 g/mol. The lowest BCUT2D eigenvalue weighted by Crippen LogP contribution is -2.45. The Bertz CT molecular complexity index is 138. The van der Waals surface area contributed by atoms with Gasteiger partial charge in [-0.2, -0.15) is 0 Å². The standard InChI is InChI=1S/C11H23NO/c1-3-4-5-11(13)10-8-9(2)6-7-12-10/h9-13H,3-8H2,1-2H3. The largest absolute Gasteiger partial charge is 0.392 e. The Hall–Kier alpha value is -0.0800. The minimum absolute atomic E-state index is 0.123. The van der Waals surface area contributed by atoms with E-state index >= 15 is 0 Å². The first kappa shape index (κ1) is 11.0. The fourth-order valence-corrected chi connectivity index (χ4v) is 2.06. The second-order valence-corrected chi connectivity index (χ2v) is 4.40. The smallest absolute Gasteiger partial charge is 0.0693 e. The molecular formula is C11H23NO. The Morgan fingerprint density at radius 2 is 2.31 bits per heavy atom. The number of aliphatic hydroxyl groups excluding tert-OH is 1. The van der Waals surface area contributed by atoms with Gasteiger partial charge in [-0.15, -0.1) is 0 Å². The zero-order valence-corrected chi connectivity index (χ0v) is 8.92. The molecule has 3 atom stereocenters. The van der Waals surface area contributed by atoms with E-state index in [2.05, 4.69) is 19.2 Å². The van der Waals surface area contributed by atoms with Crippen LogP contribution in [0, 0.1) is 5.92 Å². The predicted molar refractivity (Wildman–Crippen MR) is 55.7 cm³/mol. The SMILES string of the molecule is CCCCC(O)C1CC(C)CCN1. The van der Waals surface area contributed by atoms with Crippen molar-refractivity contribution < 1.29 is 5.11 Å². The van der Waals surface area contributed by atoms with Crippen molar-refractivity contribution in [1.82, 2.24) is 5.32 Å². The highest BCUT2D eigenvalue weighted by Gasteiger charge is 2.23. The van der Waals surface area contributed by atoms with Crippen LogP contribution in [-0.2, 0) is 0 Å². The van der Waals surface area contributed by atoms with Gasteiger partial charge in [-0.05, 0) is 31.7 Å². The number of hydrogen-bond acceptors (Lipinski definition) is 2. The lowest BCUT2D eigenvalue weighted by Gasteiger charge is -2.31. The molecule has 0 radical (unpaired) electrons. The van der Waals surface area contributed by atoms with Gasteiger partial charge in [-0.3, -0.25) is 0 Å². The average molecular weight is 185 g/mol. The fourth-order valence-electron chi connectivity index (χ4n) is 2.06. The molecule has 1 rings (SSSR count). The Morgan fingerprint density at radius 1 is 1.54 bits per heavy atom. The van der Waals surface area contributed by atoms with Crippen LogP contribution in [0.4, 0.5) is 0 Å². The van der Waals surface area contributed by atoms with Crippen LogP contribution in [0.3, 0.4) is 0 Å². The summed E-state index contributed by atoms with van der Waals surface area (Å²) in [5.41, 5.74) is 0. The Morgan fingerprint density at radius 3 is 2.92 bits per heavy atom. The summed E-state index contributed by atoms with van der Waals surface area (Å²) in [6.07, 6.45) is 5.57. The molecule has 2 N–H and O–H groups in total. The molecule has 1 saturated heterocycles. The summed E-state index contributed by atoms with van der Waals surface area (Å²) in [4.78, 5) is 0.